The molecule has 0 unspecified atom stereocenters. The van der Waals surface area contributed by atoms with Crippen LogP contribution in [0.1, 0.15) is 0 Å². The quantitative estimate of drug-likeness (QED) is 0.193. The molecule has 6 aromatic carbocycles. The molecule has 0 aliphatic rings. The second-order valence-electron chi connectivity index (χ2n) is 11.6. The molecule has 0 fully saturated rings. The summed E-state index contributed by atoms with van der Waals surface area (Å²) < 4.78 is 2.54. The summed E-state index contributed by atoms with van der Waals surface area (Å²) in [5.74, 6) is 0.715. The maximum Gasteiger partial charge on any atom is 0.160 e. The molecule has 9 rings (SSSR count). The lowest BCUT2D eigenvalue weighted by Crippen LogP contribution is -1.96. The summed E-state index contributed by atoms with van der Waals surface area (Å²) in [6.45, 7) is 0. The highest BCUT2D eigenvalue weighted by Crippen LogP contribution is 2.45. The van der Waals surface area contributed by atoms with Gasteiger partial charge in [-0.25, -0.2) is 15.0 Å². The minimum Gasteiger partial charge on any atom is -0.247 e. The van der Waals surface area contributed by atoms with Gasteiger partial charge in [-0.2, -0.15) is 0 Å². The molecule has 0 bridgehead atoms. The zero-order chi connectivity index (χ0) is 31.2. The Bertz CT molecular complexity index is 2480. The molecule has 0 saturated carbocycles. The molecule has 220 valence electrons. The molecular weight excluding hydrogens is 591 g/mol. The van der Waals surface area contributed by atoms with Gasteiger partial charge in [0, 0.05) is 47.8 Å². The minimum absolute atomic E-state index is 0.715. The summed E-state index contributed by atoms with van der Waals surface area (Å²) >= 11 is 1.85. The van der Waals surface area contributed by atoms with Crippen LogP contribution in [0.25, 0.3) is 87.4 Å². The topological polar surface area (TPSA) is 38.7 Å². The van der Waals surface area contributed by atoms with Crippen LogP contribution in [0.5, 0.6) is 0 Å². The van der Waals surface area contributed by atoms with Gasteiger partial charge < -0.3 is 0 Å². The second kappa shape index (κ2) is 11.4. The van der Waals surface area contributed by atoms with Crippen LogP contribution in [-0.2, 0) is 0 Å². The summed E-state index contributed by atoms with van der Waals surface area (Å²) in [6, 6.07) is 57.0. The fraction of sp³-hybridized carbons (Fsp3) is 0. The zero-order valence-electron chi connectivity index (χ0n) is 25.3. The predicted octanol–water partition coefficient (Wildman–Crippen LogP) is 11.7. The average molecular weight is 618 g/mol. The number of fused-ring (bicyclic) bond motifs is 5. The molecule has 0 spiro atoms. The van der Waals surface area contributed by atoms with E-state index in [1.165, 1.54) is 31.1 Å². The molecular formula is C43H27N3S. The van der Waals surface area contributed by atoms with E-state index in [0.29, 0.717) is 5.82 Å². The van der Waals surface area contributed by atoms with Gasteiger partial charge in [0.25, 0.3) is 0 Å². The summed E-state index contributed by atoms with van der Waals surface area (Å²) in [5.41, 5.74) is 10.4. The summed E-state index contributed by atoms with van der Waals surface area (Å²) in [6.07, 6.45) is 0. The van der Waals surface area contributed by atoms with E-state index in [9.17, 15) is 0 Å². The third-order valence-electron chi connectivity index (χ3n) is 8.70. The molecule has 0 radical (unpaired) electrons. The molecule has 3 nitrogen and oxygen atoms in total. The van der Waals surface area contributed by atoms with Crippen molar-refractivity contribution in [3.05, 3.63) is 164 Å². The van der Waals surface area contributed by atoms with E-state index < -0.39 is 0 Å². The number of hydrogen-bond acceptors (Lipinski definition) is 4. The number of pyridine rings is 1. The van der Waals surface area contributed by atoms with Gasteiger partial charge in [0.15, 0.2) is 5.82 Å². The number of aromatic nitrogens is 3. The number of benzene rings is 6. The van der Waals surface area contributed by atoms with Gasteiger partial charge in [0.1, 0.15) is 0 Å². The lowest BCUT2D eigenvalue weighted by Gasteiger charge is -2.12. The fourth-order valence-corrected chi connectivity index (χ4v) is 7.71. The number of thiophene rings is 1. The molecule has 3 aromatic heterocycles. The Morgan fingerprint density at radius 1 is 0.404 bits per heavy atom. The normalized spacial score (nSPS) is 11.4. The summed E-state index contributed by atoms with van der Waals surface area (Å²) in [4.78, 5) is 15.3. The van der Waals surface area contributed by atoms with Crippen molar-refractivity contribution in [3.63, 3.8) is 0 Å². The number of rotatable bonds is 5. The van der Waals surface area contributed by atoms with E-state index >= 15 is 0 Å². The highest BCUT2D eigenvalue weighted by atomic mass is 32.1. The largest absolute Gasteiger partial charge is 0.247 e. The molecule has 0 aliphatic heterocycles. The maximum absolute atomic E-state index is 5.31. The Hall–Kier alpha value is -5.97. The van der Waals surface area contributed by atoms with E-state index in [2.05, 4.69) is 127 Å². The lowest BCUT2D eigenvalue weighted by molar-refractivity contribution is 1.18. The maximum atomic E-state index is 5.31. The van der Waals surface area contributed by atoms with Crippen molar-refractivity contribution in [2.45, 2.75) is 0 Å². The predicted molar refractivity (Wildman–Crippen MR) is 197 cm³/mol. The highest BCUT2D eigenvalue weighted by molar-refractivity contribution is 7.26. The van der Waals surface area contributed by atoms with Crippen molar-refractivity contribution in [2.75, 3.05) is 0 Å². The van der Waals surface area contributed by atoms with E-state index in [1.54, 1.807) is 0 Å². The summed E-state index contributed by atoms with van der Waals surface area (Å²) in [7, 11) is 0. The van der Waals surface area contributed by atoms with Crippen molar-refractivity contribution >= 4 is 42.4 Å². The lowest BCUT2D eigenvalue weighted by atomic mass is 9.96. The molecule has 47 heavy (non-hydrogen) atoms. The Morgan fingerprint density at radius 2 is 0.979 bits per heavy atom. The third kappa shape index (κ3) is 4.87. The molecule has 9 aromatic rings. The van der Waals surface area contributed by atoms with Crippen LogP contribution >= 0.6 is 11.3 Å². The Labute approximate surface area is 276 Å². The highest BCUT2D eigenvalue weighted by Gasteiger charge is 2.19. The van der Waals surface area contributed by atoms with Crippen LogP contribution in [0.2, 0.25) is 0 Å². The number of hydrogen-bond donors (Lipinski definition) is 0. The second-order valence-corrected chi connectivity index (χ2v) is 12.7. The first-order valence-corrected chi connectivity index (χ1v) is 16.5. The van der Waals surface area contributed by atoms with Crippen LogP contribution in [0.15, 0.2) is 164 Å². The molecule has 0 atom stereocenters. The monoisotopic (exact) mass is 617 g/mol. The third-order valence-corrected chi connectivity index (χ3v) is 9.89. The van der Waals surface area contributed by atoms with Crippen molar-refractivity contribution in [1.82, 2.24) is 15.0 Å². The summed E-state index contributed by atoms with van der Waals surface area (Å²) in [5, 5.41) is 3.66. The van der Waals surface area contributed by atoms with E-state index in [-0.39, 0.29) is 0 Å². The van der Waals surface area contributed by atoms with E-state index in [0.717, 1.165) is 50.4 Å². The molecule has 0 saturated heterocycles. The van der Waals surface area contributed by atoms with Crippen molar-refractivity contribution in [2.24, 2.45) is 0 Å². The van der Waals surface area contributed by atoms with Gasteiger partial charge in [-0.1, -0.05) is 146 Å². The molecule has 4 heteroatoms. The van der Waals surface area contributed by atoms with Crippen LogP contribution in [0, 0.1) is 0 Å². The Balaban J connectivity index is 1.21. The van der Waals surface area contributed by atoms with Gasteiger partial charge >= 0.3 is 0 Å². The van der Waals surface area contributed by atoms with E-state index in [1.807, 2.05) is 47.7 Å². The first-order chi connectivity index (χ1) is 23.3. The van der Waals surface area contributed by atoms with Gasteiger partial charge in [0.2, 0.25) is 0 Å². The van der Waals surface area contributed by atoms with E-state index in [4.69, 9.17) is 15.0 Å². The van der Waals surface area contributed by atoms with Crippen LogP contribution in [-0.4, -0.2) is 15.0 Å². The molecule has 3 heterocycles. The van der Waals surface area contributed by atoms with Gasteiger partial charge in [-0.3, -0.25) is 0 Å². The molecule has 0 aliphatic carbocycles. The van der Waals surface area contributed by atoms with Gasteiger partial charge in [-0.05, 0) is 29.3 Å². The van der Waals surface area contributed by atoms with Crippen LogP contribution in [0.3, 0.4) is 0 Å². The molecule has 0 amide bonds. The van der Waals surface area contributed by atoms with Crippen molar-refractivity contribution in [1.29, 1.82) is 0 Å². The van der Waals surface area contributed by atoms with Crippen molar-refractivity contribution < 1.29 is 0 Å². The average Bonchev–Trinajstić information content (AvgIpc) is 3.55. The van der Waals surface area contributed by atoms with Crippen molar-refractivity contribution in [3.8, 4) is 56.3 Å². The standard InChI is InChI=1S/C43H27N3S/c1-4-13-29(14-5-1)36-27-37(46-43(45-36)32-17-8-3-9-18-32)30-25-23-28(24-26-30)33-20-12-21-35-39(33)42-40(34-19-10-11-22-38(34)47-42)41(44-35)31-15-6-2-7-16-31/h1-27H. The van der Waals surface area contributed by atoms with Gasteiger partial charge in [0.05, 0.1) is 22.6 Å². The van der Waals surface area contributed by atoms with Gasteiger partial charge in [-0.15, -0.1) is 11.3 Å². The molecule has 0 N–H and O–H groups in total. The van der Waals surface area contributed by atoms with Crippen LogP contribution in [0.4, 0.5) is 0 Å². The fourth-order valence-electron chi connectivity index (χ4n) is 6.44. The first-order valence-electron chi connectivity index (χ1n) is 15.7. The number of nitrogens with zero attached hydrogens (tertiary/aromatic N) is 3. The Kier molecular flexibility index (Phi) is 6.65. The first kappa shape index (κ1) is 27.3. The minimum atomic E-state index is 0.715. The SMILES string of the molecule is c1ccc(-c2cc(-c3ccc(-c4cccc5nc(-c6ccccc6)c6c7ccccc7sc6c45)cc3)nc(-c3ccccc3)n2)cc1. The smallest absolute Gasteiger partial charge is 0.160 e. The van der Waals surface area contributed by atoms with Crippen LogP contribution < -0.4 is 0 Å². The Morgan fingerprint density at radius 3 is 1.68 bits per heavy atom. The zero-order valence-corrected chi connectivity index (χ0v) is 26.2.